The van der Waals surface area contributed by atoms with Gasteiger partial charge in [-0.3, -0.25) is 0 Å². The van der Waals surface area contributed by atoms with Crippen molar-refractivity contribution in [3.8, 4) is 0 Å². The fourth-order valence-electron chi connectivity index (χ4n) is 2.44. The molecule has 1 fully saturated rings. The molecule has 112 valence electrons. The summed E-state index contributed by atoms with van der Waals surface area (Å²) in [4.78, 5) is 12.6. The van der Waals surface area contributed by atoms with Crippen LogP contribution in [0.1, 0.15) is 11.5 Å². The van der Waals surface area contributed by atoms with E-state index in [2.05, 4.69) is 49.8 Å². The third-order valence-corrected chi connectivity index (χ3v) is 5.09. The number of aromatic amines is 1. The van der Waals surface area contributed by atoms with Crippen molar-refractivity contribution < 1.29 is 4.74 Å². The van der Waals surface area contributed by atoms with Gasteiger partial charge in [0, 0.05) is 39.2 Å². The van der Waals surface area contributed by atoms with Crippen molar-refractivity contribution >= 4 is 28.1 Å². The minimum atomic E-state index is 0.462. The summed E-state index contributed by atoms with van der Waals surface area (Å²) in [5.74, 6) is 0.928. The van der Waals surface area contributed by atoms with Crippen molar-refractivity contribution in [2.75, 3.05) is 40.8 Å². The van der Waals surface area contributed by atoms with Crippen LogP contribution >= 0.6 is 28.1 Å². The molecule has 0 bridgehead atoms. The second kappa shape index (κ2) is 7.09. The van der Waals surface area contributed by atoms with Crippen molar-refractivity contribution in [2.45, 2.75) is 19.1 Å². The van der Waals surface area contributed by atoms with Gasteiger partial charge in [0.15, 0.2) is 0 Å². The van der Waals surface area contributed by atoms with E-state index in [9.17, 15) is 0 Å². The van der Waals surface area contributed by atoms with Gasteiger partial charge in [-0.15, -0.1) is 0 Å². The molecule has 1 N–H and O–H groups in total. The fraction of sp³-hybridized carbons (Fsp3) is 0.692. The zero-order valence-electron chi connectivity index (χ0n) is 12.1. The molecule has 0 amide bonds. The van der Waals surface area contributed by atoms with Crippen molar-refractivity contribution in [1.29, 1.82) is 0 Å². The second-order valence-corrected chi connectivity index (χ2v) is 6.49. The zero-order chi connectivity index (χ0) is 14.7. The van der Waals surface area contributed by atoms with Gasteiger partial charge in [0.2, 0.25) is 0 Å². The van der Waals surface area contributed by atoms with Crippen molar-refractivity contribution in [3.05, 3.63) is 20.6 Å². The molecule has 1 unspecified atom stereocenters. The van der Waals surface area contributed by atoms with E-state index < -0.39 is 0 Å². The predicted octanol–water partition coefficient (Wildman–Crippen LogP) is 1.84. The van der Waals surface area contributed by atoms with E-state index in [0.717, 1.165) is 42.0 Å². The van der Waals surface area contributed by atoms with Gasteiger partial charge in [0.25, 0.3) is 0 Å². The van der Waals surface area contributed by atoms with Gasteiger partial charge in [-0.05, 0) is 30.0 Å². The van der Waals surface area contributed by atoms with E-state index in [1.54, 1.807) is 7.11 Å². The van der Waals surface area contributed by atoms with E-state index in [1.807, 2.05) is 0 Å². The largest absolute Gasteiger partial charge is 0.378 e. The monoisotopic (exact) mass is 360 g/mol. The lowest BCUT2D eigenvalue weighted by Crippen LogP contribution is -2.51. The minimum absolute atomic E-state index is 0.462. The summed E-state index contributed by atoms with van der Waals surface area (Å²) in [7, 11) is 6.00. The van der Waals surface area contributed by atoms with Crippen molar-refractivity contribution in [1.82, 2.24) is 19.8 Å². The third kappa shape index (κ3) is 3.85. The van der Waals surface area contributed by atoms with E-state index in [-0.39, 0.29) is 0 Å². The van der Waals surface area contributed by atoms with Gasteiger partial charge in [0.1, 0.15) is 10.5 Å². The Morgan fingerprint density at radius 2 is 2.20 bits per heavy atom. The number of aromatic nitrogens is 2. The number of ether oxygens (including phenoxy) is 1. The number of hydrogen-bond acceptors (Lipinski definition) is 5. The lowest BCUT2D eigenvalue weighted by molar-refractivity contribution is 0.113. The summed E-state index contributed by atoms with van der Waals surface area (Å²) in [6, 6.07) is 0.462. The number of nitrogens with zero attached hydrogens (tertiary/aromatic N) is 3. The highest BCUT2D eigenvalue weighted by Crippen LogP contribution is 2.18. The van der Waals surface area contributed by atoms with Gasteiger partial charge >= 0.3 is 0 Å². The number of hydrogen-bond donors (Lipinski definition) is 1. The van der Waals surface area contributed by atoms with Gasteiger partial charge in [-0.2, -0.15) is 0 Å². The number of rotatable bonds is 4. The molecule has 1 aromatic heterocycles. The summed E-state index contributed by atoms with van der Waals surface area (Å²) >= 11 is 8.77. The molecule has 20 heavy (non-hydrogen) atoms. The standard InChI is InChI=1S/C13H21BrN4OS/c1-17-4-5-18(2)9(7-17)6-11-15-10(8-19-3)12(14)13(20)16-11/h9H,4-8H2,1-3H3,(H,15,16,20). The number of nitrogens with one attached hydrogen (secondary N) is 1. The third-order valence-electron chi connectivity index (χ3n) is 3.68. The minimum Gasteiger partial charge on any atom is -0.378 e. The Morgan fingerprint density at radius 3 is 2.90 bits per heavy atom. The first-order chi connectivity index (χ1) is 9.51. The molecule has 0 aliphatic carbocycles. The molecule has 1 aliphatic rings. The van der Waals surface area contributed by atoms with E-state index in [0.29, 0.717) is 17.3 Å². The number of halogens is 1. The highest BCUT2D eigenvalue weighted by Gasteiger charge is 2.23. The number of likely N-dealkylation sites (N-methyl/N-ethyl adjacent to an activating group) is 2. The molecule has 1 aliphatic heterocycles. The van der Waals surface area contributed by atoms with Crippen molar-refractivity contribution in [3.63, 3.8) is 0 Å². The first-order valence-electron chi connectivity index (χ1n) is 6.66. The summed E-state index contributed by atoms with van der Waals surface area (Å²) < 4.78 is 6.61. The summed E-state index contributed by atoms with van der Waals surface area (Å²) in [5.41, 5.74) is 0.953. The van der Waals surface area contributed by atoms with E-state index in [1.165, 1.54) is 0 Å². The molecule has 0 aromatic carbocycles. The highest BCUT2D eigenvalue weighted by atomic mass is 79.9. The van der Waals surface area contributed by atoms with Crippen molar-refractivity contribution in [2.24, 2.45) is 0 Å². The smallest absolute Gasteiger partial charge is 0.144 e. The van der Waals surface area contributed by atoms with Crippen LogP contribution in [0.4, 0.5) is 0 Å². The summed E-state index contributed by atoms with van der Waals surface area (Å²) in [6.07, 6.45) is 0.870. The van der Waals surface area contributed by atoms with E-state index >= 15 is 0 Å². The molecule has 5 nitrogen and oxygen atoms in total. The maximum absolute atomic E-state index is 5.31. The quantitative estimate of drug-likeness (QED) is 0.830. The Kier molecular flexibility index (Phi) is 5.68. The molecule has 0 spiro atoms. The first-order valence-corrected chi connectivity index (χ1v) is 7.86. The summed E-state index contributed by atoms with van der Waals surface area (Å²) in [5, 5.41) is 0. The normalized spacial score (nSPS) is 21.3. The fourth-order valence-corrected chi connectivity index (χ4v) is 2.98. The molecule has 2 heterocycles. The molecule has 1 aromatic rings. The predicted molar refractivity (Wildman–Crippen MR) is 85.5 cm³/mol. The average molecular weight is 361 g/mol. The Labute approximate surface area is 133 Å². The van der Waals surface area contributed by atoms with Gasteiger partial charge in [-0.1, -0.05) is 12.2 Å². The first kappa shape index (κ1) is 16.0. The molecule has 0 saturated carbocycles. The molecule has 1 atom stereocenters. The maximum Gasteiger partial charge on any atom is 0.144 e. The van der Waals surface area contributed by atoms with Crippen LogP contribution in [-0.4, -0.2) is 66.6 Å². The Bertz CT molecular complexity index is 522. The topological polar surface area (TPSA) is 44.4 Å². The number of piperazine rings is 1. The Balaban J connectivity index is 2.18. The highest BCUT2D eigenvalue weighted by molar-refractivity contribution is 9.10. The van der Waals surface area contributed by atoms with Gasteiger partial charge < -0.3 is 19.5 Å². The molecular formula is C13H21BrN4OS. The lowest BCUT2D eigenvalue weighted by atomic mass is 10.1. The van der Waals surface area contributed by atoms with Gasteiger partial charge in [0.05, 0.1) is 16.8 Å². The average Bonchev–Trinajstić information content (AvgIpc) is 2.40. The van der Waals surface area contributed by atoms with E-state index in [4.69, 9.17) is 17.0 Å². The SMILES string of the molecule is COCc1[nH]c(CC2CN(C)CCN2C)nc(=S)c1Br. The van der Waals surface area contributed by atoms with Crippen LogP contribution in [0.25, 0.3) is 0 Å². The molecular weight excluding hydrogens is 340 g/mol. The molecule has 0 radical (unpaired) electrons. The Hall–Kier alpha value is -0.340. The number of H-pyrrole nitrogens is 1. The second-order valence-electron chi connectivity index (χ2n) is 5.31. The van der Waals surface area contributed by atoms with Crippen LogP contribution in [0, 0.1) is 4.64 Å². The molecule has 1 saturated heterocycles. The lowest BCUT2D eigenvalue weighted by Gasteiger charge is -2.37. The van der Waals surface area contributed by atoms with Crippen LogP contribution in [0.5, 0.6) is 0 Å². The van der Waals surface area contributed by atoms with Crippen LogP contribution in [-0.2, 0) is 17.8 Å². The summed E-state index contributed by atoms with van der Waals surface area (Å²) in [6.45, 7) is 3.75. The van der Waals surface area contributed by atoms with Crippen LogP contribution < -0.4 is 0 Å². The Morgan fingerprint density at radius 1 is 1.45 bits per heavy atom. The van der Waals surface area contributed by atoms with Gasteiger partial charge in [-0.25, -0.2) is 4.98 Å². The van der Waals surface area contributed by atoms with Crippen LogP contribution in [0.3, 0.4) is 0 Å². The zero-order valence-corrected chi connectivity index (χ0v) is 14.6. The van der Waals surface area contributed by atoms with Crippen LogP contribution in [0.2, 0.25) is 0 Å². The molecule has 2 rings (SSSR count). The van der Waals surface area contributed by atoms with Crippen LogP contribution in [0.15, 0.2) is 4.47 Å². The number of methoxy groups -OCH3 is 1. The maximum atomic E-state index is 5.31. The molecule has 7 heteroatoms.